The fraction of sp³-hybridized carbons (Fsp3) is 1.00. The molecule has 0 aromatic carbocycles. The third-order valence-corrected chi connectivity index (χ3v) is 0.524. The third kappa shape index (κ3) is 9.00. The zero-order valence-electron chi connectivity index (χ0n) is 4.39. The Morgan fingerprint density at radius 3 is 1.83 bits per heavy atom. The number of hydrogen-bond donors (Lipinski definition) is 0. The van der Waals surface area contributed by atoms with E-state index in [0.717, 1.165) is 0 Å². The van der Waals surface area contributed by atoms with Gasteiger partial charge in [-0.15, -0.1) is 0 Å². The van der Waals surface area contributed by atoms with Crippen LogP contribution in [-0.2, 0) is 17.4 Å². The summed E-state index contributed by atoms with van der Waals surface area (Å²) < 4.78 is 4.56. The topological polar surface area (TPSA) is 9.23 Å². The molecule has 1 atom stereocenters. The number of rotatable bonds is 1. The van der Waals surface area contributed by atoms with E-state index >= 15 is 0 Å². The maximum absolute atomic E-state index is 4.56. The first-order valence-corrected chi connectivity index (χ1v) is 1.93. The fourth-order valence-electron chi connectivity index (χ4n) is 0. The molecule has 0 spiro atoms. The van der Waals surface area contributed by atoms with Gasteiger partial charge >= 0.3 is 29.6 Å². The Morgan fingerprint density at radius 1 is 1.67 bits per heavy atom. The van der Waals surface area contributed by atoms with Crippen molar-refractivity contribution in [3.63, 3.8) is 0 Å². The maximum atomic E-state index is 4.56. The Morgan fingerprint density at radius 2 is 1.83 bits per heavy atom. The molecule has 0 saturated heterocycles. The Bertz CT molecular complexity index is 24.8. The molecule has 1 nitrogen and oxygen atoms in total. The molecule has 6 heavy (non-hydrogen) atoms. The van der Waals surface area contributed by atoms with Gasteiger partial charge in [0.15, 0.2) is 0 Å². The Hall–Kier alpha value is 1.31. The fourth-order valence-corrected chi connectivity index (χ4v) is 0. The van der Waals surface area contributed by atoms with Crippen LogP contribution in [0.3, 0.4) is 0 Å². The third-order valence-electron chi connectivity index (χ3n) is 0.332. The van der Waals surface area contributed by atoms with E-state index in [1.807, 2.05) is 6.92 Å². The van der Waals surface area contributed by atoms with Gasteiger partial charge in [-0.2, -0.15) is 0 Å². The molecule has 0 bridgehead atoms. The maximum Gasteiger partial charge on any atom is 1.00 e. The molecule has 0 N–H and O–H groups in total. The first kappa shape index (κ1) is 10.3. The monoisotopic (exact) mass is 114 g/mol. The van der Waals surface area contributed by atoms with Crippen LogP contribution in [0.15, 0.2) is 0 Å². The molecule has 0 heterocycles. The second-order valence-electron chi connectivity index (χ2n) is 0.803. The van der Waals surface area contributed by atoms with E-state index in [2.05, 4.69) is 17.4 Å². The van der Waals surface area contributed by atoms with Crippen molar-refractivity contribution >= 4 is 12.6 Å². The molecule has 0 aromatic rings. The van der Waals surface area contributed by atoms with Crippen LogP contribution in [0.2, 0.25) is 0 Å². The van der Waals surface area contributed by atoms with Gasteiger partial charge in [0.05, 0.1) is 0 Å². The standard InChI is InChI=1S/C3H8OS.Na/c1-3(5)4-2;/h3,5H,1-2H3;/q;+1/p-1. The average Bonchev–Trinajstić information content (AvgIpc) is 1.38. The molecule has 32 valence electrons. The minimum atomic E-state index is -0.0324. The zero-order valence-corrected chi connectivity index (χ0v) is 7.21. The molecule has 0 saturated carbocycles. The van der Waals surface area contributed by atoms with E-state index < -0.39 is 0 Å². The first-order chi connectivity index (χ1) is 2.27. The number of hydrogen-bond acceptors (Lipinski definition) is 2. The number of methoxy groups -OCH3 is 1. The van der Waals surface area contributed by atoms with E-state index in [1.54, 1.807) is 7.11 Å². The molecule has 0 amide bonds. The van der Waals surface area contributed by atoms with Crippen LogP contribution in [0.4, 0.5) is 0 Å². The van der Waals surface area contributed by atoms with Gasteiger partial charge in [-0.1, -0.05) is 12.4 Å². The van der Waals surface area contributed by atoms with Gasteiger partial charge in [0.2, 0.25) is 0 Å². The van der Waals surface area contributed by atoms with E-state index in [9.17, 15) is 0 Å². The van der Waals surface area contributed by atoms with Crippen LogP contribution in [0.25, 0.3) is 0 Å². The smallest absolute Gasteiger partial charge is 0.762 e. The van der Waals surface area contributed by atoms with Crippen molar-refractivity contribution in [2.24, 2.45) is 0 Å². The molecule has 3 heteroatoms. The van der Waals surface area contributed by atoms with Gasteiger partial charge in [0.1, 0.15) is 0 Å². The quantitative estimate of drug-likeness (QED) is 0.276. The van der Waals surface area contributed by atoms with E-state index in [-0.39, 0.29) is 35.0 Å². The second kappa shape index (κ2) is 6.31. The summed E-state index contributed by atoms with van der Waals surface area (Å²) >= 11 is 4.56. The molecule has 0 aliphatic heterocycles. The van der Waals surface area contributed by atoms with Gasteiger partial charge in [-0.3, -0.25) is 0 Å². The van der Waals surface area contributed by atoms with Crippen molar-refractivity contribution in [3.05, 3.63) is 0 Å². The summed E-state index contributed by atoms with van der Waals surface area (Å²) in [7, 11) is 1.59. The minimum Gasteiger partial charge on any atom is -0.762 e. The van der Waals surface area contributed by atoms with Crippen LogP contribution in [0.5, 0.6) is 0 Å². The summed E-state index contributed by atoms with van der Waals surface area (Å²) in [5.41, 5.74) is -0.0324. The van der Waals surface area contributed by atoms with E-state index in [0.29, 0.717) is 0 Å². The van der Waals surface area contributed by atoms with Crippen molar-refractivity contribution in [2.45, 2.75) is 12.4 Å². The van der Waals surface area contributed by atoms with Crippen molar-refractivity contribution in [3.8, 4) is 0 Å². The summed E-state index contributed by atoms with van der Waals surface area (Å²) in [4.78, 5) is 0. The minimum absolute atomic E-state index is 0. The van der Waals surface area contributed by atoms with Gasteiger partial charge in [0, 0.05) is 7.11 Å². The molecule has 0 radical (unpaired) electrons. The van der Waals surface area contributed by atoms with Gasteiger partial charge in [-0.25, -0.2) is 0 Å². The second-order valence-corrected chi connectivity index (χ2v) is 1.47. The summed E-state index contributed by atoms with van der Waals surface area (Å²) in [6.45, 7) is 1.81. The van der Waals surface area contributed by atoms with Crippen LogP contribution < -0.4 is 29.6 Å². The van der Waals surface area contributed by atoms with E-state index in [1.165, 1.54) is 0 Å². The van der Waals surface area contributed by atoms with Crippen molar-refractivity contribution < 1.29 is 34.3 Å². The summed E-state index contributed by atoms with van der Waals surface area (Å²) in [6.07, 6.45) is 0. The normalized spacial score (nSPS) is 12.5. The van der Waals surface area contributed by atoms with Crippen LogP contribution >= 0.6 is 0 Å². The number of ether oxygens (including phenoxy) is 1. The Kier molecular flexibility index (Phi) is 10.9. The largest absolute Gasteiger partial charge is 1.00 e. The van der Waals surface area contributed by atoms with Crippen molar-refractivity contribution in [2.75, 3.05) is 7.11 Å². The predicted octanol–water partition coefficient (Wildman–Crippen LogP) is -2.47. The Balaban J connectivity index is 0. The molecule has 0 fully saturated rings. The van der Waals surface area contributed by atoms with Crippen LogP contribution in [-0.4, -0.2) is 12.5 Å². The summed E-state index contributed by atoms with van der Waals surface area (Å²) in [5.74, 6) is 0. The summed E-state index contributed by atoms with van der Waals surface area (Å²) in [6, 6.07) is 0. The summed E-state index contributed by atoms with van der Waals surface area (Å²) in [5, 5.41) is 0. The SMILES string of the molecule is COC(C)[S-].[Na+]. The molecule has 0 aliphatic rings. The molecule has 0 rings (SSSR count). The van der Waals surface area contributed by atoms with Crippen LogP contribution in [0, 0.1) is 0 Å². The van der Waals surface area contributed by atoms with Gasteiger partial charge in [0.25, 0.3) is 0 Å². The molecular formula is C3H7NaOS. The van der Waals surface area contributed by atoms with Gasteiger partial charge < -0.3 is 17.4 Å². The average molecular weight is 114 g/mol. The first-order valence-electron chi connectivity index (χ1n) is 1.46. The molecule has 0 aromatic heterocycles. The zero-order chi connectivity index (χ0) is 4.28. The van der Waals surface area contributed by atoms with Crippen LogP contribution in [0.1, 0.15) is 6.92 Å². The Labute approximate surface area is 66.2 Å². The predicted molar refractivity (Wildman–Crippen MR) is 23.8 cm³/mol. The van der Waals surface area contributed by atoms with Crippen molar-refractivity contribution in [1.29, 1.82) is 0 Å². The molecular weight excluding hydrogens is 107 g/mol. The molecule has 1 unspecified atom stereocenters. The molecule has 0 aliphatic carbocycles. The van der Waals surface area contributed by atoms with Gasteiger partial charge in [-0.05, 0) is 0 Å². The van der Waals surface area contributed by atoms with Crippen molar-refractivity contribution in [1.82, 2.24) is 0 Å². The van der Waals surface area contributed by atoms with E-state index in [4.69, 9.17) is 0 Å².